The molecule has 5 heteroatoms. The minimum Gasteiger partial charge on any atom is -0.313 e. The quantitative estimate of drug-likeness (QED) is 0.624. The summed E-state index contributed by atoms with van der Waals surface area (Å²) in [5.74, 6) is 0.152. The summed E-state index contributed by atoms with van der Waals surface area (Å²) in [5.41, 5.74) is 0. The van der Waals surface area contributed by atoms with Crippen LogP contribution in [-0.2, 0) is 10.0 Å². The molecule has 0 heterocycles. The summed E-state index contributed by atoms with van der Waals surface area (Å²) in [5, 5.41) is 3.11. The fraction of sp³-hybridized carbons (Fsp3) is 0.818. The smallest absolute Gasteiger partial charge is 0.215 e. The molecular weight excluding hydrogens is 224 g/mol. The molecule has 96 valence electrons. The Balaban J connectivity index is 4.29. The molecule has 0 saturated heterocycles. The van der Waals surface area contributed by atoms with Crippen molar-refractivity contribution in [3.63, 3.8) is 0 Å². The molecule has 0 amide bonds. The molecule has 0 fully saturated rings. The van der Waals surface area contributed by atoms with Gasteiger partial charge in [-0.25, -0.2) is 8.42 Å². The van der Waals surface area contributed by atoms with Crippen molar-refractivity contribution in [1.82, 2.24) is 9.62 Å². The second-order valence-corrected chi connectivity index (χ2v) is 6.16. The van der Waals surface area contributed by atoms with Crippen molar-refractivity contribution >= 4 is 10.0 Å². The van der Waals surface area contributed by atoms with E-state index in [0.29, 0.717) is 25.7 Å². The van der Waals surface area contributed by atoms with Crippen molar-refractivity contribution in [2.45, 2.75) is 33.2 Å². The van der Waals surface area contributed by atoms with Crippen LogP contribution in [0.25, 0.3) is 0 Å². The van der Waals surface area contributed by atoms with Gasteiger partial charge in [-0.3, -0.25) is 0 Å². The van der Waals surface area contributed by atoms with Crippen LogP contribution in [0.5, 0.6) is 0 Å². The summed E-state index contributed by atoms with van der Waals surface area (Å²) in [7, 11) is -3.14. The third kappa shape index (κ3) is 6.25. The van der Waals surface area contributed by atoms with Crippen molar-refractivity contribution in [2.75, 3.05) is 25.4 Å². The molecule has 0 saturated carbocycles. The van der Waals surface area contributed by atoms with Gasteiger partial charge in [0.1, 0.15) is 0 Å². The second-order valence-electron chi connectivity index (χ2n) is 4.07. The molecular formula is C11H24N2O2S. The Kier molecular flexibility index (Phi) is 7.62. The average Bonchev–Trinajstić information content (AvgIpc) is 2.16. The van der Waals surface area contributed by atoms with E-state index < -0.39 is 10.0 Å². The number of hydrogen-bond donors (Lipinski definition) is 1. The van der Waals surface area contributed by atoms with Gasteiger partial charge in [0.2, 0.25) is 10.0 Å². The summed E-state index contributed by atoms with van der Waals surface area (Å²) >= 11 is 0. The van der Waals surface area contributed by atoms with Gasteiger partial charge in [-0.05, 0) is 6.42 Å². The number of hydrogen-bond acceptors (Lipinski definition) is 3. The lowest BCUT2D eigenvalue weighted by molar-refractivity contribution is 0.439. The zero-order valence-electron chi connectivity index (χ0n) is 10.6. The first kappa shape index (κ1) is 15.6. The number of nitrogens with one attached hydrogen (secondary N) is 1. The molecule has 0 atom stereocenters. The lowest BCUT2D eigenvalue weighted by atomic mass is 10.4. The molecule has 0 aromatic carbocycles. The Morgan fingerprint density at radius 3 is 2.50 bits per heavy atom. The SMILES string of the molecule is C=CCN(CCC)S(=O)(=O)CCNC(C)C. The maximum Gasteiger partial charge on any atom is 0.215 e. The predicted molar refractivity (Wildman–Crippen MR) is 69.0 cm³/mol. The van der Waals surface area contributed by atoms with E-state index in [2.05, 4.69) is 11.9 Å². The molecule has 0 aromatic heterocycles. The van der Waals surface area contributed by atoms with Crippen molar-refractivity contribution in [3.05, 3.63) is 12.7 Å². The van der Waals surface area contributed by atoms with Crippen LogP contribution in [-0.4, -0.2) is 44.2 Å². The first-order valence-electron chi connectivity index (χ1n) is 5.76. The van der Waals surface area contributed by atoms with Crippen molar-refractivity contribution in [3.8, 4) is 0 Å². The van der Waals surface area contributed by atoms with E-state index in [1.165, 1.54) is 4.31 Å². The van der Waals surface area contributed by atoms with Gasteiger partial charge in [0, 0.05) is 25.7 Å². The molecule has 0 radical (unpaired) electrons. The number of sulfonamides is 1. The monoisotopic (exact) mass is 248 g/mol. The molecule has 16 heavy (non-hydrogen) atoms. The van der Waals surface area contributed by atoms with Gasteiger partial charge in [0.05, 0.1) is 5.75 Å². The van der Waals surface area contributed by atoms with Crippen LogP contribution in [0.3, 0.4) is 0 Å². The number of rotatable bonds is 9. The predicted octanol–water partition coefficient (Wildman–Crippen LogP) is 1.21. The van der Waals surface area contributed by atoms with Crippen LogP contribution >= 0.6 is 0 Å². The average molecular weight is 248 g/mol. The lowest BCUT2D eigenvalue weighted by Crippen LogP contribution is -2.38. The molecule has 4 nitrogen and oxygen atoms in total. The Bertz CT molecular complexity index is 286. The van der Waals surface area contributed by atoms with E-state index in [1.54, 1.807) is 6.08 Å². The first-order valence-corrected chi connectivity index (χ1v) is 7.37. The van der Waals surface area contributed by atoms with E-state index >= 15 is 0 Å². The Morgan fingerprint density at radius 2 is 2.06 bits per heavy atom. The molecule has 0 aliphatic rings. The summed E-state index contributed by atoms with van der Waals surface area (Å²) in [6.45, 7) is 11.0. The van der Waals surface area contributed by atoms with Crippen LogP contribution in [0, 0.1) is 0 Å². The van der Waals surface area contributed by atoms with Crippen LogP contribution in [0.15, 0.2) is 12.7 Å². The van der Waals surface area contributed by atoms with Crippen LogP contribution in [0.1, 0.15) is 27.2 Å². The maximum absolute atomic E-state index is 11.9. The van der Waals surface area contributed by atoms with E-state index in [1.807, 2.05) is 20.8 Å². The fourth-order valence-electron chi connectivity index (χ4n) is 1.34. The molecule has 0 rings (SSSR count). The van der Waals surface area contributed by atoms with Gasteiger partial charge in [-0.2, -0.15) is 4.31 Å². The van der Waals surface area contributed by atoms with Gasteiger partial charge in [-0.15, -0.1) is 6.58 Å². The van der Waals surface area contributed by atoms with Gasteiger partial charge < -0.3 is 5.32 Å². The standard InChI is InChI=1S/C11H24N2O2S/c1-5-8-13(9-6-2)16(14,15)10-7-12-11(3)4/h5,11-12H,1,6-10H2,2-4H3. The van der Waals surface area contributed by atoms with Gasteiger partial charge >= 0.3 is 0 Å². The lowest BCUT2D eigenvalue weighted by Gasteiger charge is -2.20. The van der Waals surface area contributed by atoms with Crippen molar-refractivity contribution < 1.29 is 8.42 Å². The topological polar surface area (TPSA) is 49.4 Å². The second kappa shape index (κ2) is 7.81. The third-order valence-electron chi connectivity index (χ3n) is 2.11. The maximum atomic E-state index is 11.9. The Morgan fingerprint density at radius 1 is 1.44 bits per heavy atom. The van der Waals surface area contributed by atoms with Crippen molar-refractivity contribution in [1.29, 1.82) is 0 Å². The Labute approximate surface area is 99.8 Å². The highest BCUT2D eigenvalue weighted by Gasteiger charge is 2.19. The minimum absolute atomic E-state index is 0.152. The molecule has 0 unspecified atom stereocenters. The highest BCUT2D eigenvalue weighted by Crippen LogP contribution is 2.02. The third-order valence-corrected chi connectivity index (χ3v) is 3.95. The largest absolute Gasteiger partial charge is 0.313 e. The minimum atomic E-state index is -3.14. The fourth-order valence-corrected chi connectivity index (χ4v) is 2.77. The molecule has 0 aliphatic heterocycles. The zero-order valence-corrected chi connectivity index (χ0v) is 11.4. The van der Waals surface area contributed by atoms with Gasteiger partial charge in [0.25, 0.3) is 0 Å². The zero-order chi connectivity index (χ0) is 12.6. The molecule has 0 aliphatic carbocycles. The molecule has 0 spiro atoms. The molecule has 0 bridgehead atoms. The highest BCUT2D eigenvalue weighted by atomic mass is 32.2. The Hall–Kier alpha value is -0.390. The molecule has 1 N–H and O–H groups in total. The van der Waals surface area contributed by atoms with E-state index in [0.717, 1.165) is 6.42 Å². The van der Waals surface area contributed by atoms with Gasteiger partial charge in [-0.1, -0.05) is 26.8 Å². The van der Waals surface area contributed by atoms with Crippen molar-refractivity contribution in [2.24, 2.45) is 0 Å². The van der Waals surface area contributed by atoms with E-state index in [9.17, 15) is 8.42 Å². The van der Waals surface area contributed by atoms with Crippen LogP contribution in [0.2, 0.25) is 0 Å². The summed E-state index contributed by atoms with van der Waals surface area (Å²) in [4.78, 5) is 0. The van der Waals surface area contributed by atoms with E-state index in [-0.39, 0.29) is 5.75 Å². The summed E-state index contributed by atoms with van der Waals surface area (Å²) in [6, 6.07) is 0.314. The van der Waals surface area contributed by atoms with Gasteiger partial charge in [0.15, 0.2) is 0 Å². The highest BCUT2D eigenvalue weighted by molar-refractivity contribution is 7.89. The number of nitrogens with zero attached hydrogens (tertiary/aromatic N) is 1. The summed E-state index contributed by atoms with van der Waals surface area (Å²) in [6.07, 6.45) is 2.45. The van der Waals surface area contributed by atoms with Crippen LogP contribution in [0.4, 0.5) is 0 Å². The van der Waals surface area contributed by atoms with E-state index in [4.69, 9.17) is 0 Å². The summed E-state index contributed by atoms with van der Waals surface area (Å²) < 4.78 is 25.3. The molecule has 0 aromatic rings. The normalized spacial score (nSPS) is 12.3. The van der Waals surface area contributed by atoms with Crippen LogP contribution < -0.4 is 5.32 Å². The first-order chi connectivity index (χ1) is 7.44.